The van der Waals surface area contributed by atoms with Crippen LogP contribution in [0.15, 0.2) is 18.2 Å². The van der Waals surface area contributed by atoms with Gasteiger partial charge in [-0.2, -0.15) is 0 Å². The summed E-state index contributed by atoms with van der Waals surface area (Å²) in [5.41, 5.74) is 0.979. The molecular weight excluding hydrogens is 318 g/mol. The number of hydrogen-bond acceptors (Lipinski definition) is 4. The molecule has 1 saturated heterocycles. The van der Waals surface area contributed by atoms with Gasteiger partial charge in [0.25, 0.3) is 5.92 Å². The van der Waals surface area contributed by atoms with E-state index in [1.54, 1.807) is 0 Å². The van der Waals surface area contributed by atoms with E-state index in [1.165, 1.54) is 0 Å². The van der Waals surface area contributed by atoms with E-state index in [0.717, 1.165) is 5.56 Å². The number of carbonyl (C=O) groups excluding carboxylic acids is 1. The number of benzene rings is 1. The molecule has 0 saturated carbocycles. The van der Waals surface area contributed by atoms with Gasteiger partial charge >= 0.3 is 0 Å². The van der Waals surface area contributed by atoms with Crippen LogP contribution in [0.5, 0.6) is 11.5 Å². The summed E-state index contributed by atoms with van der Waals surface area (Å²) in [7, 11) is 0. The van der Waals surface area contributed by atoms with Gasteiger partial charge in [-0.15, -0.1) is 0 Å². The topological polar surface area (TPSA) is 59.6 Å². The molecule has 2 rings (SSSR count). The molecular formula is C17H24F2N2O3. The first-order chi connectivity index (χ1) is 11.4. The lowest BCUT2D eigenvalue weighted by molar-refractivity contribution is -0.123. The van der Waals surface area contributed by atoms with Crippen molar-refractivity contribution in [1.82, 2.24) is 10.6 Å². The zero-order valence-corrected chi connectivity index (χ0v) is 14.0. The molecule has 0 bridgehead atoms. The van der Waals surface area contributed by atoms with Crippen LogP contribution in [0.3, 0.4) is 0 Å². The van der Waals surface area contributed by atoms with E-state index in [1.807, 2.05) is 32.0 Å². The van der Waals surface area contributed by atoms with E-state index in [9.17, 15) is 13.6 Å². The zero-order chi connectivity index (χ0) is 17.6. The molecule has 5 nitrogen and oxygen atoms in total. The van der Waals surface area contributed by atoms with Crippen molar-refractivity contribution in [2.75, 3.05) is 26.3 Å². The molecule has 1 heterocycles. The number of alkyl halides is 2. The van der Waals surface area contributed by atoms with Crippen LogP contribution in [0.1, 0.15) is 25.8 Å². The maximum atomic E-state index is 13.1. The maximum absolute atomic E-state index is 13.1. The smallest absolute Gasteiger partial charge is 0.262 e. The number of halogens is 2. The highest BCUT2D eigenvalue weighted by Gasteiger charge is 2.42. The summed E-state index contributed by atoms with van der Waals surface area (Å²) in [6.07, 6.45) is 0.137. The highest BCUT2D eigenvalue weighted by atomic mass is 19.3. The number of amides is 1. The number of carbonyl (C=O) groups is 1. The van der Waals surface area contributed by atoms with Crippen LogP contribution in [0.25, 0.3) is 0 Å². The molecule has 1 unspecified atom stereocenters. The highest BCUT2D eigenvalue weighted by molar-refractivity contribution is 5.82. The Labute approximate surface area is 140 Å². The lowest BCUT2D eigenvalue weighted by atomic mass is 10.1. The number of ether oxygens (including phenoxy) is 2. The minimum absolute atomic E-state index is 0.377. The van der Waals surface area contributed by atoms with Gasteiger partial charge < -0.3 is 14.8 Å². The molecule has 7 heteroatoms. The largest absolute Gasteiger partial charge is 0.490 e. The molecule has 0 aliphatic carbocycles. The average molecular weight is 342 g/mol. The molecule has 2 N–H and O–H groups in total. The van der Waals surface area contributed by atoms with Crippen molar-refractivity contribution in [1.29, 1.82) is 0 Å². The molecule has 1 fully saturated rings. The molecule has 1 aromatic carbocycles. The van der Waals surface area contributed by atoms with Crippen molar-refractivity contribution in [3.63, 3.8) is 0 Å². The second-order valence-electron chi connectivity index (χ2n) is 5.68. The van der Waals surface area contributed by atoms with Crippen molar-refractivity contribution in [2.45, 2.75) is 38.7 Å². The molecule has 0 aromatic heterocycles. The summed E-state index contributed by atoms with van der Waals surface area (Å²) in [6.45, 7) is 4.81. The lowest BCUT2D eigenvalue weighted by Gasteiger charge is -2.13. The van der Waals surface area contributed by atoms with E-state index in [0.29, 0.717) is 37.7 Å². The third-order valence-corrected chi connectivity index (χ3v) is 3.75. The molecule has 0 spiro atoms. The van der Waals surface area contributed by atoms with Crippen molar-refractivity contribution < 1.29 is 23.0 Å². The maximum Gasteiger partial charge on any atom is 0.262 e. The Balaban J connectivity index is 1.85. The second-order valence-corrected chi connectivity index (χ2v) is 5.68. The zero-order valence-electron chi connectivity index (χ0n) is 14.0. The quantitative estimate of drug-likeness (QED) is 0.760. The Bertz CT molecular complexity index is 567. The molecule has 1 aliphatic rings. The van der Waals surface area contributed by atoms with Crippen LogP contribution in [0.4, 0.5) is 8.78 Å². The van der Waals surface area contributed by atoms with Crippen LogP contribution in [-0.2, 0) is 11.2 Å². The Kier molecular flexibility index (Phi) is 6.36. The Morgan fingerprint density at radius 2 is 2.00 bits per heavy atom. The van der Waals surface area contributed by atoms with E-state index >= 15 is 0 Å². The fourth-order valence-electron chi connectivity index (χ4n) is 2.61. The average Bonchev–Trinajstić information content (AvgIpc) is 2.90. The first-order valence-electron chi connectivity index (χ1n) is 8.22. The van der Waals surface area contributed by atoms with Gasteiger partial charge in [0.2, 0.25) is 5.91 Å². The van der Waals surface area contributed by atoms with Crippen molar-refractivity contribution in [2.24, 2.45) is 0 Å². The predicted molar refractivity (Wildman–Crippen MR) is 86.8 cm³/mol. The molecule has 1 atom stereocenters. The molecule has 1 aliphatic heterocycles. The predicted octanol–water partition coefficient (Wildman–Crippen LogP) is 2.14. The number of rotatable bonds is 8. The summed E-state index contributed by atoms with van der Waals surface area (Å²) in [6, 6.07) is 4.80. The summed E-state index contributed by atoms with van der Waals surface area (Å²) in [5.74, 6) is -1.84. The van der Waals surface area contributed by atoms with Gasteiger partial charge in [0, 0.05) is 13.0 Å². The Morgan fingerprint density at radius 1 is 1.29 bits per heavy atom. The first-order valence-corrected chi connectivity index (χ1v) is 8.22. The van der Waals surface area contributed by atoms with Crippen LogP contribution in [0, 0.1) is 0 Å². The Morgan fingerprint density at radius 3 is 2.62 bits per heavy atom. The van der Waals surface area contributed by atoms with Gasteiger partial charge in [-0.1, -0.05) is 6.07 Å². The molecule has 134 valence electrons. The first kappa shape index (κ1) is 18.4. The van der Waals surface area contributed by atoms with Crippen molar-refractivity contribution in [3.8, 4) is 11.5 Å². The van der Waals surface area contributed by atoms with Crippen LogP contribution < -0.4 is 20.1 Å². The standard InChI is InChI=1S/C17H24F2N2O3/c1-3-23-14-6-5-12(9-15(14)24-4-2)7-8-20-16(22)13-10-17(18,19)11-21-13/h5-6,9,13,21H,3-4,7-8,10-11H2,1-2H3,(H,20,22). The number of nitrogens with one attached hydrogen (secondary N) is 2. The summed E-state index contributed by atoms with van der Waals surface area (Å²) < 4.78 is 37.2. The van der Waals surface area contributed by atoms with Crippen LogP contribution >= 0.6 is 0 Å². The fourth-order valence-corrected chi connectivity index (χ4v) is 2.61. The lowest BCUT2D eigenvalue weighted by Crippen LogP contribution is -2.41. The molecule has 0 radical (unpaired) electrons. The molecule has 1 aromatic rings. The van der Waals surface area contributed by atoms with Gasteiger partial charge in [0.1, 0.15) is 0 Å². The normalized spacial score (nSPS) is 19.1. The van der Waals surface area contributed by atoms with Crippen molar-refractivity contribution in [3.05, 3.63) is 23.8 Å². The molecule has 24 heavy (non-hydrogen) atoms. The second kappa shape index (κ2) is 8.28. The summed E-state index contributed by atoms with van der Waals surface area (Å²) >= 11 is 0. The van der Waals surface area contributed by atoms with Gasteiger partial charge in [0.15, 0.2) is 11.5 Å². The molecule has 1 amide bonds. The fraction of sp³-hybridized carbons (Fsp3) is 0.588. The minimum atomic E-state index is -2.80. The monoisotopic (exact) mass is 342 g/mol. The van der Waals surface area contributed by atoms with Gasteiger partial charge in [-0.05, 0) is 38.0 Å². The SMILES string of the molecule is CCOc1ccc(CCNC(=O)C2CC(F)(F)CN2)cc1OCC. The van der Waals surface area contributed by atoms with Crippen molar-refractivity contribution >= 4 is 5.91 Å². The van der Waals surface area contributed by atoms with Gasteiger partial charge in [-0.3, -0.25) is 10.1 Å². The van der Waals surface area contributed by atoms with E-state index in [4.69, 9.17) is 9.47 Å². The number of hydrogen-bond donors (Lipinski definition) is 2. The third-order valence-electron chi connectivity index (χ3n) is 3.75. The van der Waals surface area contributed by atoms with Gasteiger partial charge in [0.05, 0.1) is 25.8 Å². The summed E-state index contributed by atoms with van der Waals surface area (Å²) in [5, 5.41) is 5.24. The van der Waals surface area contributed by atoms with Crippen LogP contribution in [-0.4, -0.2) is 44.2 Å². The van der Waals surface area contributed by atoms with Gasteiger partial charge in [-0.25, -0.2) is 8.78 Å². The van der Waals surface area contributed by atoms with E-state index in [-0.39, 0.29) is 5.91 Å². The minimum Gasteiger partial charge on any atom is -0.490 e. The highest BCUT2D eigenvalue weighted by Crippen LogP contribution is 2.28. The van der Waals surface area contributed by atoms with E-state index in [2.05, 4.69) is 10.6 Å². The third kappa shape index (κ3) is 5.06. The summed E-state index contributed by atoms with van der Waals surface area (Å²) in [4.78, 5) is 11.9. The Hall–Kier alpha value is -1.89. The van der Waals surface area contributed by atoms with E-state index < -0.39 is 24.9 Å². The van der Waals surface area contributed by atoms with Crippen LogP contribution in [0.2, 0.25) is 0 Å².